The number of phenolic OH excluding ortho intramolecular Hbond substituents is 1. The molecule has 1 aromatic rings. The number of hydrogen-bond acceptors (Lipinski definition) is 3. The molecule has 1 heterocycles. The third-order valence-corrected chi connectivity index (χ3v) is 5.49. The number of nitrogens with two attached hydrogens (primary N) is 1. The summed E-state index contributed by atoms with van der Waals surface area (Å²) in [5.41, 5.74) is 8.76. The van der Waals surface area contributed by atoms with Gasteiger partial charge in [-0.2, -0.15) is 0 Å². The number of benzene rings is 1. The van der Waals surface area contributed by atoms with E-state index < -0.39 is 0 Å². The summed E-state index contributed by atoms with van der Waals surface area (Å²) < 4.78 is 0. The summed E-state index contributed by atoms with van der Waals surface area (Å²) in [4.78, 5) is 2.45. The van der Waals surface area contributed by atoms with E-state index in [1.54, 1.807) is 6.07 Å². The maximum absolute atomic E-state index is 9.95. The molecule has 0 aromatic heterocycles. The molecule has 3 nitrogen and oxygen atoms in total. The van der Waals surface area contributed by atoms with Gasteiger partial charge in [0.2, 0.25) is 0 Å². The third kappa shape index (κ3) is 3.82. The van der Waals surface area contributed by atoms with E-state index in [0.29, 0.717) is 23.5 Å². The van der Waals surface area contributed by atoms with Crippen LogP contribution in [0.3, 0.4) is 0 Å². The largest absolute Gasteiger partial charge is 0.508 e. The fourth-order valence-corrected chi connectivity index (χ4v) is 3.71. The first-order chi connectivity index (χ1) is 10.4. The number of nitrogens with zero attached hydrogens (tertiary/aromatic N) is 1. The van der Waals surface area contributed by atoms with Crippen LogP contribution in [0.4, 0.5) is 0 Å². The summed E-state index contributed by atoms with van der Waals surface area (Å²) in [5.74, 6) is 2.20. The van der Waals surface area contributed by atoms with Crippen LogP contribution in [-0.4, -0.2) is 29.3 Å². The van der Waals surface area contributed by atoms with Crippen molar-refractivity contribution in [3.63, 3.8) is 0 Å². The van der Waals surface area contributed by atoms with Gasteiger partial charge in [-0.3, -0.25) is 4.90 Å². The van der Waals surface area contributed by atoms with Gasteiger partial charge in [0.15, 0.2) is 0 Å². The maximum Gasteiger partial charge on any atom is 0.118 e. The molecule has 0 bridgehead atoms. The van der Waals surface area contributed by atoms with Gasteiger partial charge in [-0.05, 0) is 54.7 Å². The van der Waals surface area contributed by atoms with E-state index in [0.717, 1.165) is 31.5 Å². The molecule has 1 aliphatic heterocycles. The lowest BCUT2D eigenvalue weighted by atomic mass is 9.79. The summed E-state index contributed by atoms with van der Waals surface area (Å²) >= 11 is 0. The molecule has 3 heteroatoms. The first-order valence-electron chi connectivity index (χ1n) is 8.72. The van der Waals surface area contributed by atoms with Crippen molar-refractivity contribution >= 4 is 0 Å². The van der Waals surface area contributed by atoms with E-state index in [-0.39, 0.29) is 6.17 Å². The van der Waals surface area contributed by atoms with Crippen LogP contribution >= 0.6 is 0 Å². The predicted octanol–water partition coefficient (Wildman–Crippen LogP) is 3.85. The van der Waals surface area contributed by atoms with Crippen LogP contribution < -0.4 is 5.73 Å². The van der Waals surface area contributed by atoms with Crippen LogP contribution in [0.5, 0.6) is 5.75 Å². The molecule has 1 fully saturated rings. The molecule has 0 amide bonds. The van der Waals surface area contributed by atoms with E-state index in [1.165, 1.54) is 12.0 Å². The minimum atomic E-state index is 0.184. The summed E-state index contributed by atoms with van der Waals surface area (Å²) in [5, 5.41) is 9.95. The van der Waals surface area contributed by atoms with Crippen molar-refractivity contribution in [2.24, 2.45) is 17.6 Å². The number of hydrogen-bond donors (Lipinski definition) is 2. The van der Waals surface area contributed by atoms with Crippen LogP contribution in [0.15, 0.2) is 18.2 Å². The lowest BCUT2D eigenvalue weighted by Gasteiger charge is -2.41. The standard InChI is InChI=1S/C19H32N2O/c1-5-13(2)11-19(20)21-10-9-16(14(3)12-21)17-7-6-8-18(22)15(17)4/h6-8,13-14,16,19,22H,5,9-12,20H2,1-4H3/t13?,14-,16+,19?/m0/s1. The highest BCUT2D eigenvalue weighted by atomic mass is 16.3. The highest BCUT2D eigenvalue weighted by molar-refractivity contribution is 5.40. The topological polar surface area (TPSA) is 49.5 Å². The van der Waals surface area contributed by atoms with Crippen molar-refractivity contribution in [1.29, 1.82) is 0 Å². The fourth-order valence-electron chi connectivity index (χ4n) is 3.71. The van der Waals surface area contributed by atoms with Crippen molar-refractivity contribution in [3.05, 3.63) is 29.3 Å². The minimum Gasteiger partial charge on any atom is -0.508 e. The molecule has 22 heavy (non-hydrogen) atoms. The van der Waals surface area contributed by atoms with Crippen LogP contribution in [0, 0.1) is 18.8 Å². The van der Waals surface area contributed by atoms with Crippen molar-refractivity contribution in [3.8, 4) is 5.75 Å². The average Bonchev–Trinajstić information content (AvgIpc) is 2.50. The van der Waals surface area contributed by atoms with Gasteiger partial charge < -0.3 is 10.8 Å². The minimum absolute atomic E-state index is 0.184. The van der Waals surface area contributed by atoms with Gasteiger partial charge in [0, 0.05) is 13.1 Å². The Balaban J connectivity index is 2.02. The number of rotatable bonds is 5. The zero-order valence-corrected chi connectivity index (χ0v) is 14.5. The molecule has 0 radical (unpaired) electrons. The molecular weight excluding hydrogens is 272 g/mol. The Labute approximate surface area is 135 Å². The zero-order valence-electron chi connectivity index (χ0n) is 14.5. The Morgan fingerprint density at radius 3 is 2.77 bits per heavy atom. The second-order valence-electron chi connectivity index (χ2n) is 7.18. The lowest BCUT2D eigenvalue weighted by Crippen LogP contribution is -2.49. The van der Waals surface area contributed by atoms with Crippen molar-refractivity contribution in [2.75, 3.05) is 13.1 Å². The third-order valence-electron chi connectivity index (χ3n) is 5.49. The molecule has 1 saturated heterocycles. The van der Waals surface area contributed by atoms with E-state index in [9.17, 15) is 5.11 Å². The van der Waals surface area contributed by atoms with Crippen molar-refractivity contribution in [2.45, 2.75) is 59.0 Å². The van der Waals surface area contributed by atoms with Gasteiger partial charge in [-0.15, -0.1) is 0 Å². The van der Waals surface area contributed by atoms with Gasteiger partial charge in [0.05, 0.1) is 6.17 Å². The molecule has 1 aliphatic rings. The Hall–Kier alpha value is -1.06. The molecule has 0 spiro atoms. The number of likely N-dealkylation sites (tertiary alicyclic amines) is 1. The van der Waals surface area contributed by atoms with E-state index >= 15 is 0 Å². The van der Waals surface area contributed by atoms with Crippen LogP contribution in [0.25, 0.3) is 0 Å². The maximum atomic E-state index is 9.95. The normalized spacial score (nSPS) is 25.9. The van der Waals surface area contributed by atoms with Crippen LogP contribution in [-0.2, 0) is 0 Å². The van der Waals surface area contributed by atoms with Crippen molar-refractivity contribution in [1.82, 2.24) is 4.90 Å². The summed E-state index contributed by atoms with van der Waals surface area (Å²) in [7, 11) is 0. The summed E-state index contributed by atoms with van der Waals surface area (Å²) in [6.07, 6.45) is 3.59. The van der Waals surface area contributed by atoms with Gasteiger partial charge >= 0.3 is 0 Å². The zero-order chi connectivity index (χ0) is 16.3. The van der Waals surface area contributed by atoms with Gasteiger partial charge in [-0.25, -0.2) is 0 Å². The summed E-state index contributed by atoms with van der Waals surface area (Å²) in [6.45, 7) is 11.0. The molecule has 1 aromatic carbocycles. The Bertz CT molecular complexity index is 488. The quantitative estimate of drug-likeness (QED) is 0.869. The van der Waals surface area contributed by atoms with E-state index in [4.69, 9.17) is 5.73 Å². The number of phenols is 1. The SMILES string of the molecule is CCC(C)CC(N)N1CC[C@@H](c2cccc(O)c2C)[C@@H](C)C1. The summed E-state index contributed by atoms with van der Waals surface area (Å²) in [6, 6.07) is 5.91. The van der Waals surface area contributed by atoms with Crippen LogP contribution in [0.2, 0.25) is 0 Å². The van der Waals surface area contributed by atoms with E-state index in [1.807, 2.05) is 13.0 Å². The second-order valence-corrected chi connectivity index (χ2v) is 7.18. The molecule has 2 unspecified atom stereocenters. The monoisotopic (exact) mass is 304 g/mol. The number of aromatic hydroxyl groups is 1. The molecule has 3 N–H and O–H groups in total. The first-order valence-corrected chi connectivity index (χ1v) is 8.72. The van der Waals surface area contributed by atoms with Gasteiger partial charge in [0.1, 0.15) is 5.75 Å². The van der Waals surface area contributed by atoms with Gasteiger partial charge in [0.25, 0.3) is 0 Å². The lowest BCUT2D eigenvalue weighted by molar-refractivity contribution is 0.102. The highest BCUT2D eigenvalue weighted by Crippen LogP contribution is 2.37. The fraction of sp³-hybridized carbons (Fsp3) is 0.684. The Kier molecular flexibility index (Phi) is 5.87. The molecule has 2 rings (SSSR count). The van der Waals surface area contributed by atoms with E-state index in [2.05, 4.69) is 31.7 Å². The second kappa shape index (κ2) is 7.47. The highest BCUT2D eigenvalue weighted by Gasteiger charge is 2.31. The smallest absolute Gasteiger partial charge is 0.118 e. The molecule has 0 aliphatic carbocycles. The van der Waals surface area contributed by atoms with Gasteiger partial charge in [-0.1, -0.05) is 39.3 Å². The number of piperidine rings is 1. The molecular formula is C19H32N2O. The first kappa shape index (κ1) is 17.3. The molecule has 0 saturated carbocycles. The van der Waals surface area contributed by atoms with Crippen LogP contribution in [0.1, 0.15) is 57.1 Å². The Morgan fingerprint density at radius 1 is 1.41 bits per heavy atom. The average molecular weight is 304 g/mol. The molecule has 4 atom stereocenters. The molecule has 124 valence electrons. The Morgan fingerprint density at radius 2 is 2.14 bits per heavy atom. The predicted molar refractivity (Wildman–Crippen MR) is 93.0 cm³/mol. The van der Waals surface area contributed by atoms with Crippen molar-refractivity contribution < 1.29 is 5.11 Å².